The molecule has 1 aromatic heterocycles. The van der Waals surface area contributed by atoms with Gasteiger partial charge in [-0.05, 0) is 49.9 Å². The molecule has 0 N–H and O–H groups in total. The second kappa shape index (κ2) is 3.70. The largest absolute Gasteiger partial charge is 0.407 e. The highest BCUT2D eigenvalue weighted by Gasteiger charge is 2.64. The Balaban J connectivity index is 1.93. The Morgan fingerprint density at radius 2 is 2.00 bits per heavy atom. The molecule has 3 rings (SSSR count). The third kappa shape index (κ3) is 1.90. The molecule has 1 fully saturated rings. The number of hydrogen-bond donors (Lipinski definition) is 0. The van der Waals surface area contributed by atoms with Crippen molar-refractivity contribution in [2.24, 2.45) is 5.92 Å². The van der Waals surface area contributed by atoms with Gasteiger partial charge in [-0.2, -0.15) is 0 Å². The molecule has 0 aliphatic heterocycles. The van der Waals surface area contributed by atoms with Crippen LogP contribution < -0.4 is 0 Å². The summed E-state index contributed by atoms with van der Waals surface area (Å²) in [6.07, 6.45) is 2.32. The predicted molar refractivity (Wildman–Crippen MR) is 80.7 cm³/mol. The van der Waals surface area contributed by atoms with Crippen LogP contribution in [0.4, 0.5) is 0 Å². The molecule has 2 aliphatic carbocycles. The molecule has 1 heterocycles. The first-order chi connectivity index (χ1) is 8.66. The summed E-state index contributed by atoms with van der Waals surface area (Å²) in [4.78, 5) is 4.71. The van der Waals surface area contributed by atoms with E-state index in [0.29, 0.717) is 5.92 Å². The number of rotatable bonds is 2. The molecule has 0 radical (unpaired) electrons. The summed E-state index contributed by atoms with van der Waals surface area (Å²) in [6.45, 7) is 13.7. The van der Waals surface area contributed by atoms with Crippen molar-refractivity contribution in [2.75, 3.05) is 0 Å². The number of fused-ring (bicyclic) bond motifs is 3. The lowest BCUT2D eigenvalue weighted by atomic mass is 10.1. The van der Waals surface area contributed by atoms with E-state index in [-0.39, 0.29) is 10.6 Å². The van der Waals surface area contributed by atoms with Crippen molar-refractivity contribution >= 4 is 8.32 Å². The van der Waals surface area contributed by atoms with Gasteiger partial charge in [0.25, 0.3) is 0 Å². The zero-order chi connectivity index (χ0) is 14.1. The summed E-state index contributed by atoms with van der Waals surface area (Å²) in [5.74, 6) is 0.686. The van der Waals surface area contributed by atoms with Gasteiger partial charge in [0.15, 0.2) is 8.32 Å². The van der Waals surface area contributed by atoms with Gasteiger partial charge < -0.3 is 4.43 Å². The van der Waals surface area contributed by atoms with Crippen LogP contribution >= 0.6 is 0 Å². The fraction of sp³-hybridized carbons (Fsp3) is 0.688. The highest BCUT2D eigenvalue weighted by molar-refractivity contribution is 6.74. The fourth-order valence-corrected chi connectivity index (χ4v) is 4.62. The number of pyridine rings is 1. The SMILES string of the molecule is Cc1ccc2c(n1)C[C@H]1C[C@@]21O[Si](C)(C)C(C)(C)C. The van der Waals surface area contributed by atoms with Crippen LogP contribution in [-0.2, 0) is 16.4 Å². The standard InChI is InChI=1S/C16H25NOSi/c1-11-7-8-13-14(17-11)9-12-10-16(12,13)18-19(5,6)15(2,3)4/h7-8,12H,9-10H2,1-6H3/t12-,16-/m0/s1. The molecular weight excluding hydrogens is 250 g/mol. The van der Waals surface area contributed by atoms with E-state index in [2.05, 4.69) is 52.9 Å². The lowest BCUT2D eigenvalue weighted by Gasteiger charge is -2.39. The molecule has 19 heavy (non-hydrogen) atoms. The van der Waals surface area contributed by atoms with Crippen LogP contribution in [0.25, 0.3) is 0 Å². The molecule has 0 spiro atoms. The van der Waals surface area contributed by atoms with Crippen LogP contribution in [0.5, 0.6) is 0 Å². The average molecular weight is 275 g/mol. The molecular formula is C16H25NOSi. The molecule has 2 nitrogen and oxygen atoms in total. The first kappa shape index (κ1) is 13.3. The van der Waals surface area contributed by atoms with E-state index in [0.717, 1.165) is 12.1 Å². The van der Waals surface area contributed by atoms with Crippen LogP contribution in [0.15, 0.2) is 12.1 Å². The van der Waals surface area contributed by atoms with Gasteiger partial charge in [0, 0.05) is 17.0 Å². The monoisotopic (exact) mass is 275 g/mol. The Labute approximate surface area is 117 Å². The Hall–Kier alpha value is -0.673. The van der Waals surface area contributed by atoms with Crippen LogP contribution in [0.2, 0.25) is 18.1 Å². The van der Waals surface area contributed by atoms with E-state index in [1.165, 1.54) is 17.7 Å². The van der Waals surface area contributed by atoms with Crippen molar-refractivity contribution in [2.45, 2.75) is 64.3 Å². The first-order valence-corrected chi connectivity index (χ1v) is 10.2. The summed E-state index contributed by atoms with van der Waals surface area (Å²) in [5.41, 5.74) is 3.82. The van der Waals surface area contributed by atoms with E-state index in [4.69, 9.17) is 9.41 Å². The van der Waals surface area contributed by atoms with Gasteiger partial charge in [-0.25, -0.2) is 0 Å². The highest BCUT2D eigenvalue weighted by atomic mass is 28.4. The molecule has 0 aromatic carbocycles. The maximum atomic E-state index is 6.79. The lowest BCUT2D eigenvalue weighted by molar-refractivity contribution is 0.149. The summed E-state index contributed by atoms with van der Waals surface area (Å²) < 4.78 is 6.79. The van der Waals surface area contributed by atoms with Crippen molar-refractivity contribution in [3.8, 4) is 0 Å². The Morgan fingerprint density at radius 3 is 2.63 bits per heavy atom. The molecule has 2 aliphatic rings. The van der Waals surface area contributed by atoms with Crippen LogP contribution in [0, 0.1) is 12.8 Å². The van der Waals surface area contributed by atoms with Crippen LogP contribution in [0.3, 0.4) is 0 Å². The van der Waals surface area contributed by atoms with Crippen molar-refractivity contribution in [1.82, 2.24) is 4.98 Å². The average Bonchev–Trinajstić information content (AvgIpc) is 2.81. The third-order valence-corrected chi connectivity index (χ3v) is 9.79. The smallest absolute Gasteiger partial charge is 0.193 e. The highest BCUT2D eigenvalue weighted by Crippen LogP contribution is 2.64. The number of hydrogen-bond acceptors (Lipinski definition) is 2. The minimum absolute atomic E-state index is 0.0268. The summed E-state index contributed by atoms with van der Waals surface area (Å²) in [7, 11) is -1.71. The molecule has 1 saturated carbocycles. The number of nitrogens with zero attached hydrogens (tertiary/aromatic N) is 1. The Bertz CT molecular complexity index is 532. The summed E-state index contributed by atoms with van der Waals surface area (Å²) in [5, 5.41) is 0.274. The van der Waals surface area contributed by atoms with Crippen molar-refractivity contribution in [3.63, 3.8) is 0 Å². The minimum Gasteiger partial charge on any atom is -0.407 e. The fourth-order valence-electron chi connectivity index (χ4n) is 3.05. The molecule has 0 unspecified atom stereocenters. The van der Waals surface area contributed by atoms with Crippen molar-refractivity contribution in [1.29, 1.82) is 0 Å². The van der Waals surface area contributed by atoms with Gasteiger partial charge in [-0.1, -0.05) is 26.8 Å². The maximum absolute atomic E-state index is 6.79. The third-order valence-electron chi connectivity index (χ3n) is 5.30. The molecule has 0 bridgehead atoms. The van der Waals surface area contributed by atoms with Gasteiger partial charge >= 0.3 is 0 Å². The van der Waals surface area contributed by atoms with Gasteiger partial charge in [0.1, 0.15) is 0 Å². The zero-order valence-corrected chi connectivity index (χ0v) is 14.0. The van der Waals surface area contributed by atoms with Crippen molar-refractivity contribution in [3.05, 3.63) is 29.1 Å². The molecule has 3 heteroatoms. The molecule has 0 saturated heterocycles. The maximum Gasteiger partial charge on any atom is 0.193 e. The van der Waals surface area contributed by atoms with E-state index in [1.54, 1.807) is 0 Å². The second-order valence-corrected chi connectivity index (χ2v) is 12.5. The van der Waals surface area contributed by atoms with Gasteiger partial charge in [-0.3, -0.25) is 4.98 Å². The lowest BCUT2D eigenvalue weighted by Crippen LogP contribution is -2.44. The normalized spacial score (nSPS) is 29.1. The Kier molecular flexibility index (Phi) is 2.59. The zero-order valence-electron chi connectivity index (χ0n) is 13.0. The summed E-state index contributed by atoms with van der Waals surface area (Å²) >= 11 is 0. The predicted octanol–water partition coefficient (Wildman–Crippen LogP) is 4.18. The molecule has 1 aromatic rings. The van der Waals surface area contributed by atoms with E-state index in [1.807, 2.05) is 0 Å². The van der Waals surface area contributed by atoms with Gasteiger partial charge in [0.2, 0.25) is 0 Å². The number of aryl methyl sites for hydroxylation is 1. The van der Waals surface area contributed by atoms with E-state index < -0.39 is 8.32 Å². The van der Waals surface area contributed by atoms with Crippen LogP contribution in [0.1, 0.15) is 44.1 Å². The van der Waals surface area contributed by atoms with Crippen LogP contribution in [-0.4, -0.2) is 13.3 Å². The van der Waals surface area contributed by atoms with E-state index >= 15 is 0 Å². The quantitative estimate of drug-likeness (QED) is 0.755. The minimum atomic E-state index is -1.71. The van der Waals surface area contributed by atoms with Gasteiger partial charge in [-0.15, -0.1) is 0 Å². The van der Waals surface area contributed by atoms with Crippen molar-refractivity contribution < 1.29 is 4.43 Å². The van der Waals surface area contributed by atoms with E-state index in [9.17, 15) is 0 Å². The first-order valence-electron chi connectivity index (χ1n) is 7.33. The molecule has 104 valence electrons. The molecule has 0 amide bonds. The number of aromatic nitrogens is 1. The Morgan fingerprint density at radius 1 is 1.32 bits per heavy atom. The molecule has 2 atom stereocenters. The topological polar surface area (TPSA) is 22.1 Å². The second-order valence-electron chi connectivity index (χ2n) is 7.80. The van der Waals surface area contributed by atoms with Gasteiger partial charge in [0.05, 0.1) is 5.60 Å². The summed E-state index contributed by atoms with van der Waals surface area (Å²) in [6, 6.07) is 4.40.